The molecule has 1 aliphatic carbocycles. The minimum atomic E-state index is -4.36. The molecule has 0 aliphatic heterocycles. The van der Waals surface area contributed by atoms with Crippen molar-refractivity contribution in [1.82, 2.24) is 20.3 Å². The predicted molar refractivity (Wildman–Crippen MR) is 107 cm³/mol. The van der Waals surface area contributed by atoms with Gasteiger partial charge in [0.25, 0.3) is 0 Å². The Morgan fingerprint density at radius 3 is 2.03 bits per heavy atom. The Morgan fingerprint density at radius 2 is 1.43 bits per heavy atom. The van der Waals surface area contributed by atoms with Crippen molar-refractivity contribution in [2.24, 2.45) is 0 Å². The fourth-order valence-corrected chi connectivity index (χ4v) is 3.89. The van der Waals surface area contributed by atoms with Gasteiger partial charge in [0.05, 0.1) is 29.2 Å². The third-order valence-corrected chi connectivity index (χ3v) is 5.32. The summed E-state index contributed by atoms with van der Waals surface area (Å²) < 4.78 is 39.7. The lowest BCUT2D eigenvalue weighted by atomic mass is 10.1. The molecule has 4 aromatic rings. The van der Waals surface area contributed by atoms with Crippen LogP contribution in [0.1, 0.15) is 28.4 Å². The van der Waals surface area contributed by atoms with E-state index in [1.54, 1.807) is 6.20 Å². The summed E-state index contributed by atoms with van der Waals surface area (Å²) in [5.74, 6) is 0. The summed E-state index contributed by atoms with van der Waals surface area (Å²) >= 11 is 0. The highest BCUT2D eigenvalue weighted by Gasteiger charge is 2.30. The molecule has 5 rings (SSSR count). The SMILES string of the molecule is FC(F)(F)c1ccc(-n2cc(CNC3c4ccccc4-c4ccccc43)nn2)cc1. The van der Waals surface area contributed by atoms with Crippen molar-refractivity contribution in [2.45, 2.75) is 18.8 Å². The molecule has 0 amide bonds. The van der Waals surface area contributed by atoms with Crippen molar-refractivity contribution in [3.63, 3.8) is 0 Å². The predicted octanol–water partition coefficient (Wildman–Crippen LogP) is 5.15. The van der Waals surface area contributed by atoms with Crippen LogP contribution in [0.15, 0.2) is 79.0 Å². The van der Waals surface area contributed by atoms with Gasteiger partial charge in [-0.15, -0.1) is 5.10 Å². The van der Waals surface area contributed by atoms with E-state index in [-0.39, 0.29) is 6.04 Å². The van der Waals surface area contributed by atoms with Gasteiger partial charge in [0.15, 0.2) is 0 Å². The first kappa shape index (κ1) is 18.6. The van der Waals surface area contributed by atoms with E-state index in [9.17, 15) is 13.2 Å². The highest BCUT2D eigenvalue weighted by molar-refractivity contribution is 5.78. The molecule has 0 atom stereocenters. The van der Waals surface area contributed by atoms with Crippen LogP contribution in [-0.2, 0) is 12.7 Å². The summed E-state index contributed by atoms with van der Waals surface area (Å²) in [6, 6.07) is 21.5. The van der Waals surface area contributed by atoms with Crippen molar-refractivity contribution < 1.29 is 13.2 Å². The smallest absolute Gasteiger partial charge is 0.300 e. The molecule has 150 valence electrons. The first-order valence-corrected chi connectivity index (χ1v) is 9.51. The van der Waals surface area contributed by atoms with Crippen molar-refractivity contribution in [1.29, 1.82) is 0 Å². The number of rotatable bonds is 4. The number of aromatic nitrogens is 3. The van der Waals surface area contributed by atoms with Crippen molar-refractivity contribution in [3.05, 3.63) is 101 Å². The number of nitrogens with one attached hydrogen (secondary N) is 1. The fourth-order valence-electron chi connectivity index (χ4n) is 3.89. The lowest BCUT2D eigenvalue weighted by Gasteiger charge is -2.14. The molecular formula is C23H17F3N4. The first-order chi connectivity index (χ1) is 14.5. The largest absolute Gasteiger partial charge is 0.416 e. The summed E-state index contributed by atoms with van der Waals surface area (Å²) in [7, 11) is 0. The second-order valence-corrected chi connectivity index (χ2v) is 7.19. The molecule has 30 heavy (non-hydrogen) atoms. The number of hydrogen-bond donors (Lipinski definition) is 1. The lowest BCUT2D eigenvalue weighted by molar-refractivity contribution is -0.137. The van der Waals surface area contributed by atoms with Gasteiger partial charge in [-0.2, -0.15) is 13.2 Å². The van der Waals surface area contributed by atoms with Crippen LogP contribution in [0.3, 0.4) is 0 Å². The Kier molecular flexibility index (Phi) is 4.40. The molecule has 0 unspecified atom stereocenters. The Labute approximate surface area is 171 Å². The molecule has 3 aromatic carbocycles. The average Bonchev–Trinajstić information content (AvgIpc) is 3.35. The number of benzene rings is 3. The number of alkyl halides is 3. The Balaban J connectivity index is 1.34. The molecule has 7 heteroatoms. The molecule has 1 aliphatic rings. The van der Waals surface area contributed by atoms with Crippen LogP contribution in [0.4, 0.5) is 13.2 Å². The summed E-state index contributed by atoms with van der Waals surface area (Å²) in [6.45, 7) is 0.480. The van der Waals surface area contributed by atoms with E-state index in [0.29, 0.717) is 17.9 Å². The minimum absolute atomic E-state index is 0.0496. The van der Waals surface area contributed by atoms with E-state index in [0.717, 1.165) is 12.1 Å². The molecular weight excluding hydrogens is 389 g/mol. The van der Waals surface area contributed by atoms with Crippen molar-refractivity contribution >= 4 is 0 Å². The van der Waals surface area contributed by atoms with E-state index in [1.807, 2.05) is 24.3 Å². The summed E-state index contributed by atoms with van der Waals surface area (Å²) in [5.41, 5.74) is 5.42. The van der Waals surface area contributed by atoms with Crippen molar-refractivity contribution in [2.75, 3.05) is 0 Å². The number of hydrogen-bond acceptors (Lipinski definition) is 3. The van der Waals surface area contributed by atoms with Gasteiger partial charge in [-0.05, 0) is 46.5 Å². The first-order valence-electron chi connectivity index (χ1n) is 9.51. The maximum atomic E-state index is 12.7. The zero-order chi connectivity index (χ0) is 20.7. The molecule has 4 nitrogen and oxygen atoms in total. The van der Waals surface area contributed by atoms with Crippen LogP contribution >= 0.6 is 0 Å². The van der Waals surface area contributed by atoms with Gasteiger partial charge >= 0.3 is 6.18 Å². The van der Waals surface area contributed by atoms with Gasteiger partial charge < -0.3 is 5.32 Å². The van der Waals surface area contributed by atoms with Crippen LogP contribution < -0.4 is 5.32 Å². The highest BCUT2D eigenvalue weighted by atomic mass is 19.4. The van der Waals surface area contributed by atoms with Crippen LogP contribution in [-0.4, -0.2) is 15.0 Å². The summed E-state index contributed by atoms with van der Waals surface area (Å²) in [5, 5.41) is 11.8. The third-order valence-electron chi connectivity index (χ3n) is 5.32. The average molecular weight is 406 g/mol. The molecule has 1 heterocycles. The highest BCUT2D eigenvalue weighted by Crippen LogP contribution is 2.43. The van der Waals surface area contributed by atoms with E-state index < -0.39 is 11.7 Å². The minimum Gasteiger partial charge on any atom is -0.300 e. The van der Waals surface area contributed by atoms with Gasteiger partial charge in [-0.1, -0.05) is 53.7 Å². The Bertz CT molecular complexity index is 1150. The molecule has 1 aromatic heterocycles. The standard InChI is InChI=1S/C23H17F3N4/c24-23(25,26)15-9-11-17(12-10-15)30-14-16(28-29-30)13-27-22-20-7-3-1-5-18(20)19-6-2-4-8-21(19)22/h1-12,14,22,27H,13H2. The number of halogens is 3. The molecule has 0 saturated carbocycles. The molecule has 1 N–H and O–H groups in total. The van der Waals surface area contributed by atoms with Crippen LogP contribution in [0.2, 0.25) is 0 Å². The van der Waals surface area contributed by atoms with E-state index in [2.05, 4.69) is 39.9 Å². The van der Waals surface area contributed by atoms with E-state index >= 15 is 0 Å². The Morgan fingerprint density at radius 1 is 0.833 bits per heavy atom. The van der Waals surface area contributed by atoms with Gasteiger partial charge in [-0.25, -0.2) is 4.68 Å². The van der Waals surface area contributed by atoms with Crippen LogP contribution in [0.25, 0.3) is 16.8 Å². The molecule has 0 saturated heterocycles. The lowest BCUT2D eigenvalue weighted by Crippen LogP contribution is -2.20. The quantitative estimate of drug-likeness (QED) is 0.510. The van der Waals surface area contributed by atoms with Crippen molar-refractivity contribution in [3.8, 4) is 16.8 Å². The topological polar surface area (TPSA) is 42.7 Å². The van der Waals surface area contributed by atoms with Gasteiger partial charge in [0.2, 0.25) is 0 Å². The summed E-state index contributed by atoms with van der Waals surface area (Å²) in [4.78, 5) is 0. The third kappa shape index (κ3) is 3.27. The Hall–Kier alpha value is -3.45. The molecule has 0 spiro atoms. The normalized spacial score (nSPS) is 13.3. The second-order valence-electron chi connectivity index (χ2n) is 7.19. The molecule has 0 radical (unpaired) electrons. The van der Waals surface area contributed by atoms with Gasteiger partial charge in [0.1, 0.15) is 0 Å². The molecule has 0 fully saturated rings. The van der Waals surface area contributed by atoms with Gasteiger partial charge in [-0.3, -0.25) is 0 Å². The van der Waals surface area contributed by atoms with Crippen LogP contribution in [0, 0.1) is 0 Å². The number of fused-ring (bicyclic) bond motifs is 3. The van der Waals surface area contributed by atoms with E-state index in [1.165, 1.54) is 39.1 Å². The summed E-state index contributed by atoms with van der Waals surface area (Å²) in [6.07, 6.45) is -2.63. The molecule has 0 bridgehead atoms. The maximum Gasteiger partial charge on any atom is 0.416 e. The monoisotopic (exact) mass is 406 g/mol. The van der Waals surface area contributed by atoms with E-state index in [4.69, 9.17) is 0 Å². The fraction of sp³-hybridized carbons (Fsp3) is 0.130. The zero-order valence-electron chi connectivity index (χ0n) is 15.8. The van der Waals surface area contributed by atoms with Gasteiger partial charge in [0, 0.05) is 6.54 Å². The second kappa shape index (κ2) is 7.11. The number of nitrogens with zero attached hydrogens (tertiary/aromatic N) is 3. The maximum absolute atomic E-state index is 12.7. The zero-order valence-corrected chi connectivity index (χ0v) is 15.8. The van der Waals surface area contributed by atoms with Crippen LogP contribution in [0.5, 0.6) is 0 Å².